The number of piperazine rings is 1. The molecule has 84 valence electrons. The number of anilines is 1. The van der Waals surface area contributed by atoms with Crippen LogP contribution in [0.5, 0.6) is 0 Å². The number of carbonyl (C=O) groups is 2. The molecule has 1 aliphatic heterocycles. The van der Waals surface area contributed by atoms with E-state index >= 15 is 0 Å². The van der Waals surface area contributed by atoms with Crippen LogP contribution in [0.4, 0.5) is 5.69 Å². The Morgan fingerprint density at radius 1 is 1.56 bits per heavy atom. The van der Waals surface area contributed by atoms with Gasteiger partial charge in [0.1, 0.15) is 0 Å². The summed E-state index contributed by atoms with van der Waals surface area (Å²) in [6.45, 7) is 1.07. The third-order valence-corrected chi connectivity index (χ3v) is 2.41. The number of carbonyl (C=O) groups excluding carboxylic acids is 2. The maximum atomic E-state index is 12.0. The van der Waals surface area contributed by atoms with Crippen LogP contribution in [0.1, 0.15) is 10.4 Å². The number of aromatic nitrogens is 1. The highest BCUT2D eigenvalue weighted by atomic mass is 16.2. The average Bonchev–Trinajstić information content (AvgIpc) is 2.29. The highest BCUT2D eigenvalue weighted by Crippen LogP contribution is 2.12. The van der Waals surface area contributed by atoms with E-state index in [2.05, 4.69) is 10.3 Å². The fourth-order valence-corrected chi connectivity index (χ4v) is 1.58. The topological polar surface area (TPSA) is 88.3 Å². The summed E-state index contributed by atoms with van der Waals surface area (Å²) >= 11 is 0. The van der Waals surface area contributed by atoms with Crippen LogP contribution >= 0.6 is 0 Å². The van der Waals surface area contributed by atoms with E-state index in [1.807, 2.05) is 0 Å². The summed E-state index contributed by atoms with van der Waals surface area (Å²) in [6, 6.07) is 1.56. The fourth-order valence-electron chi connectivity index (χ4n) is 1.58. The minimum absolute atomic E-state index is 0.0839. The third-order valence-electron chi connectivity index (χ3n) is 2.41. The summed E-state index contributed by atoms with van der Waals surface area (Å²) < 4.78 is 0. The van der Waals surface area contributed by atoms with E-state index in [1.165, 1.54) is 17.3 Å². The van der Waals surface area contributed by atoms with Gasteiger partial charge in [0.15, 0.2) is 0 Å². The Morgan fingerprint density at radius 2 is 2.38 bits per heavy atom. The predicted molar refractivity (Wildman–Crippen MR) is 57.6 cm³/mol. The van der Waals surface area contributed by atoms with Crippen LogP contribution in [0.2, 0.25) is 0 Å². The van der Waals surface area contributed by atoms with Gasteiger partial charge in [0.2, 0.25) is 5.91 Å². The van der Waals surface area contributed by atoms with Crippen LogP contribution in [0.25, 0.3) is 0 Å². The maximum absolute atomic E-state index is 12.0. The van der Waals surface area contributed by atoms with Crippen molar-refractivity contribution in [1.29, 1.82) is 0 Å². The van der Waals surface area contributed by atoms with E-state index in [9.17, 15) is 9.59 Å². The van der Waals surface area contributed by atoms with E-state index in [4.69, 9.17) is 5.73 Å². The molecule has 2 amide bonds. The molecule has 6 heteroatoms. The number of amides is 2. The summed E-state index contributed by atoms with van der Waals surface area (Å²) in [5, 5.41) is 2.66. The van der Waals surface area contributed by atoms with Gasteiger partial charge in [-0.2, -0.15) is 0 Å². The molecule has 6 nitrogen and oxygen atoms in total. The summed E-state index contributed by atoms with van der Waals surface area (Å²) in [6.07, 6.45) is 2.94. The number of hydrogen-bond acceptors (Lipinski definition) is 4. The van der Waals surface area contributed by atoms with Gasteiger partial charge in [-0.15, -0.1) is 0 Å². The summed E-state index contributed by atoms with van der Waals surface area (Å²) in [4.78, 5) is 28.4. The first-order chi connectivity index (χ1) is 7.68. The Labute approximate surface area is 92.4 Å². The Balaban J connectivity index is 2.19. The van der Waals surface area contributed by atoms with Crippen molar-refractivity contribution in [2.45, 2.75) is 0 Å². The number of nitrogens with one attached hydrogen (secondary N) is 1. The molecule has 0 atom stereocenters. The zero-order chi connectivity index (χ0) is 11.5. The number of hydrogen-bond donors (Lipinski definition) is 2. The van der Waals surface area contributed by atoms with Gasteiger partial charge in [-0.1, -0.05) is 0 Å². The fraction of sp³-hybridized carbons (Fsp3) is 0.300. The van der Waals surface area contributed by atoms with Crippen molar-refractivity contribution >= 4 is 17.5 Å². The van der Waals surface area contributed by atoms with Gasteiger partial charge >= 0.3 is 0 Å². The van der Waals surface area contributed by atoms with Crippen molar-refractivity contribution in [3.63, 3.8) is 0 Å². The molecule has 1 aromatic heterocycles. The predicted octanol–water partition coefficient (Wildman–Crippen LogP) is -0.764. The number of pyridine rings is 1. The number of nitrogens with two attached hydrogens (primary N) is 1. The lowest BCUT2D eigenvalue weighted by molar-refractivity contribution is -0.123. The Morgan fingerprint density at radius 3 is 3.06 bits per heavy atom. The zero-order valence-electron chi connectivity index (χ0n) is 8.64. The molecule has 0 unspecified atom stereocenters. The molecule has 2 rings (SSSR count). The van der Waals surface area contributed by atoms with Crippen molar-refractivity contribution in [1.82, 2.24) is 15.2 Å². The number of rotatable bonds is 1. The van der Waals surface area contributed by atoms with Crippen molar-refractivity contribution in [3.05, 3.63) is 24.0 Å². The molecule has 16 heavy (non-hydrogen) atoms. The third kappa shape index (κ3) is 1.95. The first-order valence-corrected chi connectivity index (χ1v) is 4.94. The van der Waals surface area contributed by atoms with Gasteiger partial charge in [0.25, 0.3) is 5.91 Å². The molecule has 0 spiro atoms. The monoisotopic (exact) mass is 220 g/mol. The van der Waals surface area contributed by atoms with Crippen molar-refractivity contribution < 1.29 is 9.59 Å². The Hall–Kier alpha value is -2.11. The molecule has 3 N–H and O–H groups in total. The second-order valence-electron chi connectivity index (χ2n) is 3.54. The molecular formula is C10H12N4O2. The van der Waals surface area contributed by atoms with Gasteiger partial charge in [0, 0.05) is 19.3 Å². The van der Waals surface area contributed by atoms with E-state index in [0.717, 1.165) is 0 Å². The molecule has 1 aliphatic rings. The van der Waals surface area contributed by atoms with Crippen molar-refractivity contribution in [2.24, 2.45) is 0 Å². The lowest BCUT2D eigenvalue weighted by Gasteiger charge is -2.26. The lowest BCUT2D eigenvalue weighted by atomic mass is 10.2. The smallest absolute Gasteiger partial charge is 0.256 e. The summed E-state index contributed by atoms with van der Waals surface area (Å²) in [7, 11) is 0. The zero-order valence-corrected chi connectivity index (χ0v) is 8.64. The number of nitrogens with zero attached hydrogens (tertiary/aromatic N) is 2. The van der Waals surface area contributed by atoms with E-state index in [0.29, 0.717) is 24.3 Å². The largest absolute Gasteiger partial charge is 0.397 e. The van der Waals surface area contributed by atoms with E-state index < -0.39 is 0 Å². The molecule has 1 fully saturated rings. The molecule has 0 aromatic carbocycles. The van der Waals surface area contributed by atoms with Gasteiger partial charge < -0.3 is 16.0 Å². The lowest BCUT2D eigenvalue weighted by Crippen LogP contribution is -2.50. The van der Waals surface area contributed by atoms with Gasteiger partial charge in [-0.3, -0.25) is 14.6 Å². The maximum Gasteiger partial charge on any atom is 0.256 e. The molecule has 0 bridgehead atoms. The van der Waals surface area contributed by atoms with Crippen LogP contribution in [0, 0.1) is 0 Å². The van der Waals surface area contributed by atoms with Crippen LogP contribution in [-0.4, -0.2) is 41.3 Å². The second-order valence-corrected chi connectivity index (χ2v) is 3.54. The van der Waals surface area contributed by atoms with E-state index in [-0.39, 0.29) is 18.4 Å². The van der Waals surface area contributed by atoms with Crippen LogP contribution in [0.3, 0.4) is 0 Å². The standard InChI is InChI=1S/C10H12N4O2/c11-8-5-12-2-1-7(8)10(16)14-4-3-13-9(15)6-14/h1-2,5H,3-4,6,11H2,(H,13,15). The second kappa shape index (κ2) is 4.18. The quantitative estimate of drug-likeness (QED) is 0.651. The van der Waals surface area contributed by atoms with Crippen molar-refractivity contribution in [2.75, 3.05) is 25.4 Å². The summed E-state index contributed by atoms with van der Waals surface area (Å²) in [5.41, 5.74) is 6.38. The van der Waals surface area contributed by atoms with Gasteiger partial charge in [0.05, 0.1) is 24.0 Å². The summed E-state index contributed by atoms with van der Waals surface area (Å²) in [5.74, 6) is -0.373. The van der Waals surface area contributed by atoms with Gasteiger partial charge in [-0.25, -0.2) is 0 Å². The SMILES string of the molecule is Nc1cnccc1C(=O)N1CCNC(=O)C1. The molecule has 1 saturated heterocycles. The van der Waals surface area contributed by atoms with Crippen LogP contribution in [0.15, 0.2) is 18.5 Å². The van der Waals surface area contributed by atoms with Crippen molar-refractivity contribution in [3.8, 4) is 0 Å². The highest BCUT2D eigenvalue weighted by Gasteiger charge is 2.23. The van der Waals surface area contributed by atoms with E-state index in [1.54, 1.807) is 6.07 Å². The molecule has 0 aliphatic carbocycles. The first-order valence-electron chi connectivity index (χ1n) is 4.94. The normalized spacial score (nSPS) is 15.8. The molecular weight excluding hydrogens is 208 g/mol. The molecule has 2 heterocycles. The Bertz CT molecular complexity index is 433. The first kappa shape index (κ1) is 10.4. The minimum atomic E-state index is -0.227. The average molecular weight is 220 g/mol. The molecule has 1 aromatic rings. The highest BCUT2D eigenvalue weighted by molar-refractivity contribution is 6.00. The molecule has 0 radical (unpaired) electrons. The van der Waals surface area contributed by atoms with Crippen LogP contribution < -0.4 is 11.1 Å². The Kier molecular flexibility index (Phi) is 2.72. The minimum Gasteiger partial charge on any atom is -0.397 e. The number of nitrogen functional groups attached to an aromatic ring is 1. The van der Waals surface area contributed by atoms with Gasteiger partial charge in [-0.05, 0) is 6.07 Å². The van der Waals surface area contributed by atoms with Crippen LogP contribution in [-0.2, 0) is 4.79 Å². The molecule has 0 saturated carbocycles.